The van der Waals surface area contributed by atoms with Crippen molar-refractivity contribution < 1.29 is 0 Å². The Kier molecular flexibility index (Phi) is 7.39. The molecule has 0 aliphatic heterocycles. The molecule has 2 aliphatic rings. The Labute approximate surface area is 325 Å². The van der Waals surface area contributed by atoms with Crippen LogP contribution in [0.5, 0.6) is 0 Å². The minimum Gasteiger partial charge on any atom is -0.310 e. The lowest BCUT2D eigenvalue weighted by Crippen LogP contribution is -2.19. The second-order valence-electron chi connectivity index (χ2n) is 16.7. The minimum atomic E-state index is -0.122. The molecule has 8 aromatic rings. The maximum absolute atomic E-state index is 2.56. The highest BCUT2D eigenvalue weighted by Gasteiger charge is 2.38. The van der Waals surface area contributed by atoms with Crippen LogP contribution in [0.2, 0.25) is 0 Å². The maximum atomic E-state index is 2.56. The molecule has 0 radical (unpaired) electrons. The third-order valence-corrected chi connectivity index (χ3v) is 12.7. The molecule has 1 heteroatoms. The first-order chi connectivity index (χ1) is 26.6. The topological polar surface area (TPSA) is 3.24 Å². The van der Waals surface area contributed by atoms with E-state index in [2.05, 4.69) is 210 Å². The van der Waals surface area contributed by atoms with Crippen molar-refractivity contribution in [1.82, 2.24) is 0 Å². The molecular weight excluding hydrogens is 663 g/mol. The van der Waals surface area contributed by atoms with Gasteiger partial charge in [0.25, 0.3) is 0 Å². The summed E-state index contributed by atoms with van der Waals surface area (Å²) < 4.78 is 0. The summed E-state index contributed by atoms with van der Waals surface area (Å²) in [7, 11) is 0. The highest BCUT2D eigenvalue weighted by molar-refractivity contribution is 5.97. The van der Waals surface area contributed by atoms with Gasteiger partial charge in [0.05, 0.1) is 5.69 Å². The van der Waals surface area contributed by atoms with E-state index < -0.39 is 0 Å². The number of anilines is 3. The summed E-state index contributed by atoms with van der Waals surface area (Å²) in [6, 6.07) is 61.5. The fraction of sp³-hybridized carbons (Fsp3) is 0.148. The van der Waals surface area contributed by atoms with E-state index in [4.69, 9.17) is 0 Å². The Morgan fingerprint density at radius 1 is 0.345 bits per heavy atom. The van der Waals surface area contributed by atoms with Gasteiger partial charge in [-0.2, -0.15) is 0 Å². The number of nitrogens with zero attached hydrogens (tertiary/aromatic N) is 1. The molecule has 0 saturated carbocycles. The van der Waals surface area contributed by atoms with Gasteiger partial charge in [0, 0.05) is 27.8 Å². The number of rotatable bonds is 5. The van der Waals surface area contributed by atoms with Crippen LogP contribution < -0.4 is 4.90 Å². The van der Waals surface area contributed by atoms with Crippen molar-refractivity contribution in [3.63, 3.8) is 0 Å². The molecule has 8 aromatic carbocycles. The summed E-state index contributed by atoms with van der Waals surface area (Å²) in [6.07, 6.45) is 0. The van der Waals surface area contributed by atoms with Crippen molar-refractivity contribution in [3.05, 3.63) is 197 Å². The molecule has 0 fully saturated rings. The Bertz CT molecular complexity index is 2740. The SMILES string of the molecule is Cc1ccccc1-c1cc(-c2ccc3ccccc3c2)cc(C)c1N(c1ccc2c(c1)C(C)(C)c1ccccc1-2)c1ccc2c(c1)C(C)(C)c1ccccc1-2. The van der Waals surface area contributed by atoms with Crippen molar-refractivity contribution in [3.8, 4) is 44.5 Å². The number of fused-ring (bicyclic) bond motifs is 7. The number of benzene rings is 8. The molecule has 0 atom stereocenters. The van der Waals surface area contributed by atoms with E-state index >= 15 is 0 Å². The van der Waals surface area contributed by atoms with Crippen molar-refractivity contribution in [2.45, 2.75) is 52.4 Å². The number of hydrogen-bond donors (Lipinski definition) is 0. The van der Waals surface area contributed by atoms with Gasteiger partial charge in [0.15, 0.2) is 0 Å². The lowest BCUT2D eigenvalue weighted by Gasteiger charge is -2.33. The molecule has 266 valence electrons. The summed E-state index contributed by atoms with van der Waals surface area (Å²) >= 11 is 0. The zero-order valence-electron chi connectivity index (χ0n) is 32.5. The highest BCUT2D eigenvalue weighted by atomic mass is 15.1. The molecule has 0 N–H and O–H groups in total. The standard InChI is InChI=1S/C54H45N/c1-34-15-7-10-18-42(34)47-31-39(38-24-23-36-16-8-9-17-37(36)30-38)29-35(2)52(47)55(40-25-27-45-43-19-11-13-21-48(43)53(3,4)50(45)32-40)41-26-28-46-44-20-12-14-22-49(44)54(5,6)51(46)33-41/h7-33H,1-6H3. The minimum absolute atomic E-state index is 0.122. The quantitative estimate of drug-likeness (QED) is 0.172. The Hall–Kier alpha value is -6.18. The molecule has 0 bridgehead atoms. The Morgan fingerprint density at radius 2 is 0.855 bits per heavy atom. The first-order valence-corrected chi connectivity index (χ1v) is 19.6. The van der Waals surface area contributed by atoms with Crippen molar-refractivity contribution in [1.29, 1.82) is 0 Å². The van der Waals surface area contributed by atoms with Crippen LogP contribution >= 0.6 is 0 Å². The molecule has 10 rings (SSSR count). The van der Waals surface area contributed by atoms with Gasteiger partial charge in [-0.05, 0) is 139 Å². The van der Waals surface area contributed by atoms with E-state index in [-0.39, 0.29) is 10.8 Å². The van der Waals surface area contributed by atoms with Crippen LogP contribution in [-0.4, -0.2) is 0 Å². The fourth-order valence-corrected chi connectivity index (χ4v) is 9.76. The average molecular weight is 708 g/mol. The summed E-state index contributed by atoms with van der Waals surface area (Å²) in [5, 5.41) is 2.51. The van der Waals surface area contributed by atoms with Crippen LogP contribution in [0.1, 0.15) is 61.1 Å². The molecule has 0 unspecified atom stereocenters. The molecule has 0 amide bonds. The van der Waals surface area contributed by atoms with E-state index in [1.807, 2.05) is 0 Å². The third kappa shape index (κ3) is 5.06. The van der Waals surface area contributed by atoms with Crippen LogP contribution in [0.4, 0.5) is 17.1 Å². The van der Waals surface area contributed by atoms with E-state index in [1.54, 1.807) is 0 Å². The number of aryl methyl sites for hydroxylation is 2. The van der Waals surface area contributed by atoms with Crippen LogP contribution in [0.15, 0.2) is 164 Å². The van der Waals surface area contributed by atoms with E-state index in [1.165, 1.54) is 106 Å². The highest BCUT2D eigenvalue weighted by Crippen LogP contribution is 2.54. The summed E-state index contributed by atoms with van der Waals surface area (Å²) in [5.74, 6) is 0. The van der Waals surface area contributed by atoms with Crippen LogP contribution in [0.25, 0.3) is 55.3 Å². The summed E-state index contributed by atoms with van der Waals surface area (Å²) in [6.45, 7) is 14.1. The predicted molar refractivity (Wildman–Crippen MR) is 234 cm³/mol. The fourth-order valence-electron chi connectivity index (χ4n) is 9.76. The second kappa shape index (κ2) is 12.2. The normalized spacial score (nSPS) is 14.3. The first-order valence-electron chi connectivity index (χ1n) is 19.6. The third-order valence-electron chi connectivity index (χ3n) is 12.7. The molecule has 1 nitrogen and oxygen atoms in total. The zero-order chi connectivity index (χ0) is 37.6. The monoisotopic (exact) mass is 707 g/mol. The van der Waals surface area contributed by atoms with Crippen LogP contribution in [0, 0.1) is 13.8 Å². The second-order valence-corrected chi connectivity index (χ2v) is 16.7. The van der Waals surface area contributed by atoms with Crippen LogP contribution in [0.3, 0.4) is 0 Å². The van der Waals surface area contributed by atoms with Gasteiger partial charge in [-0.25, -0.2) is 0 Å². The molecule has 0 spiro atoms. The molecule has 0 aromatic heterocycles. The predicted octanol–water partition coefficient (Wildman–Crippen LogP) is 14.9. The molecular formula is C54H45N. The smallest absolute Gasteiger partial charge is 0.0569 e. The van der Waals surface area contributed by atoms with Gasteiger partial charge in [0.1, 0.15) is 0 Å². The van der Waals surface area contributed by atoms with Crippen LogP contribution in [-0.2, 0) is 10.8 Å². The zero-order valence-corrected chi connectivity index (χ0v) is 32.5. The van der Waals surface area contributed by atoms with Gasteiger partial charge in [0.2, 0.25) is 0 Å². The molecule has 0 saturated heterocycles. The Morgan fingerprint density at radius 3 is 1.45 bits per heavy atom. The van der Waals surface area contributed by atoms with Gasteiger partial charge >= 0.3 is 0 Å². The van der Waals surface area contributed by atoms with Crippen molar-refractivity contribution in [2.24, 2.45) is 0 Å². The van der Waals surface area contributed by atoms with E-state index in [9.17, 15) is 0 Å². The van der Waals surface area contributed by atoms with Gasteiger partial charge < -0.3 is 4.90 Å². The summed E-state index contributed by atoms with van der Waals surface area (Å²) in [4.78, 5) is 2.56. The van der Waals surface area contributed by atoms with Crippen molar-refractivity contribution in [2.75, 3.05) is 4.90 Å². The Balaban J connectivity index is 1.25. The van der Waals surface area contributed by atoms with Gasteiger partial charge in [-0.1, -0.05) is 149 Å². The molecule has 0 heterocycles. The largest absolute Gasteiger partial charge is 0.310 e. The molecule has 2 aliphatic carbocycles. The first kappa shape index (κ1) is 33.4. The van der Waals surface area contributed by atoms with Gasteiger partial charge in [-0.3, -0.25) is 0 Å². The van der Waals surface area contributed by atoms with Gasteiger partial charge in [-0.15, -0.1) is 0 Å². The lowest BCUT2D eigenvalue weighted by atomic mass is 9.82. The lowest BCUT2D eigenvalue weighted by molar-refractivity contribution is 0.660. The average Bonchev–Trinajstić information content (AvgIpc) is 3.57. The summed E-state index contributed by atoms with van der Waals surface area (Å²) in [5.41, 5.74) is 21.6. The van der Waals surface area contributed by atoms with Crippen molar-refractivity contribution >= 4 is 27.8 Å². The van der Waals surface area contributed by atoms with E-state index in [0.717, 1.165) is 0 Å². The number of hydrogen-bond acceptors (Lipinski definition) is 1. The maximum Gasteiger partial charge on any atom is 0.0569 e. The molecule has 55 heavy (non-hydrogen) atoms. The van der Waals surface area contributed by atoms with E-state index in [0.29, 0.717) is 0 Å².